The van der Waals surface area contributed by atoms with E-state index in [0.717, 1.165) is 53.7 Å². The predicted molar refractivity (Wildman–Crippen MR) is 117 cm³/mol. The number of nitrogens with one attached hydrogen (secondary N) is 1. The summed E-state index contributed by atoms with van der Waals surface area (Å²) in [5, 5.41) is 12.6. The van der Waals surface area contributed by atoms with Gasteiger partial charge in [-0.05, 0) is 49.3 Å². The van der Waals surface area contributed by atoms with Gasteiger partial charge >= 0.3 is 0 Å². The molecule has 30 heavy (non-hydrogen) atoms. The molecule has 0 aliphatic carbocycles. The summed E-state index contributed by atoms with van der Waals surface area (Å²) in [7, 11) is 0. The van der Waals surface area contributed by atoms with Crippen molar-refractivity contribution in [2.45, 2.75) is 32.0 Å². The number of nitrogens with zero attached hydrogens (tertiary/aromatic N) is 6. The molecule has 154 valence electrons. The highest BCUT2D eigenvalue weighted by atomic mass is 32.1. The van der Waals surface area contributed by atoms with Crippen molar-refractivity contribution in [3.8, 4) is 0 Å². The second-order valence-corrected chi connectivity index (χ2v) is 7.86. The fourth-order valence-corrected chi connectivity index (χ4v) is 4.25. The molecular weight excluding hydrogens is 398 g/mol. The van der Waals surface area contributed by atoms with Crippen molar-refractivity contribution >= 4 is 28.4 Å². The fourth-order valence-electron chi connectivity index (χ4n) is 3.99. The molecule has 3 aromatic heterocycles. The lowest BCUT2D eigenvalue weighted by atomic mass is 9.96. The van der Waals surface area contributed by atoms with Gasteiger partial charge in [0.15, 0.2) is 5.11 Å². The Morgan fingerprint density at radius 1 is 1.17 bits per heavy atom. The van der Waals surface area contributed by atoms with E-state index in [2.05, 4.69) is 30.1 Å². The Bertz CT molecular complexity index is 1130. The Kier molecular flexibility index (Phi) is 5.18. The summed E-state index contributed by atoms with van der Waals surface area (Å²) in [5.41, 5.74) is 1.93. The molecular formula is C21H23N7OS. The molecule has 1 saturated heterocycles. The Labute approximate surface area is 179 Å². The lowest BCUT2D eigenvalue weighted by molar-refractivity contribution is 0.297. The smallest absolute Gasteiger partial charge is 0.169 e. The molecule has 1 aromatic carbocycles. The number of para-hydroxylation sites is 1. The van der Waals surface area contributed by atoms with Crippen LogP contribution in [0.4, 0.5) is 0 Å². The van der Waals surface area contributed by atoms with Crippen molar-refractivity contribution in [1.29, 1.82) is 0 Å². The number of rotatable bonds is 5. The van der Waals surface area contributed by atoms with Crippen molar-refractivity contribution in [2.24, 2.45) is 0 Å². The summed E-state index contributed by atoms with van der Waals surface area (Å²) in [4.78, 5) is 6.89. The number of imidazole rings is 1. The van der Waals surface area contributed by atoms with Crippen molar-refractivity contribution in [2.75, 3.05) is 13.1 Å². The van der Waals surface area contributed by atoms with Crippen LogP contribution in [0.15, 0.2) is 59.5 Å². The van der Waals surface area contributed by atoms with Gasteiger partial charge in [-0.25, -0.2) is 9.67 Å². The highest BCUT2D eigenvalue weighted by Crippen LogP contribution is 2.27. The van der Waals surface area contributed by atoms with E-state index >= 15 is 0 Å². The van der Waals surface area contributed by atoms with Crippen molar-refractivity contribution < 1.29 is 4.42 Å². The van der Waals surface area contributed by atoms with Crippen molar-refractivity contribution in [3.63, 3.8) is 0 Å². The van der Waals surface area contributed by atoms with E-state index < -0.39 is 0 Å². The lowest BCUT2D eigenvalue weighted by Crippen LogP contribution is -2.43. The number of likely N-dealkylation sites (tertiary alicyclic amines) is 1. The molecule has 0 unspecified atom stereocenters. The van der Waals surface area contributed by atoms with Gasteiger partial charge < -0.3 is 19.2 Å². The topological polar surface area (TPSA) is 76.9 Å². The first-order chi connectivity index (χ1) is 14.8. The molecule has 5 rings (SSSR count). The number of benzene rings is 1. The van der Waals surface area contributed by atoms with Gasteiger partial charge in [0.25, 0.3) is 0 Å². The lowest BCUT2D eigenvalue weighted by Gasteiger charge is -2.33. The molecule has 0 saturated carbocycles. The zero-order chi connectivity index (χ0) is 20.3. The number of hydrogen-bond donors (Lipinski definition) is 1. The third-order valence-electron chi connectivity index (χ3n) is 5.60. The summed E-state index contributed by atoms with van der Waals surface area (Å²) in [6.07, 6.45) is 7.59. The third kappa shape index (κ3) is 3.80. The second kappa shape index (κ2) is 8.27. The van der Waals surface area contributed by atoms with Crippen LogP contribution >= 0.6 is 12.2 Å². The van der Waals surface area contributed by atoms with Crippen LogP contribution in [0, 0.1) is 0 Å². The molecule has 1 aliphatic rings. The Morgan fingerprint density at radius 3 is 2.87 bits per heavy atom. The van der Waals surface area contributed by atoms with Gasteiger partial charge in [0.1, 0.15) is 23.8 Å². The highest BCUT2D eigenvalue weighted by Gasteiger charge is 2.25. The van der Waals surface area contributed by atoms with E-state index in [-0.39, 0.29) is 0 Å². The van der Waals surface area contributed by atoms with E-state index in [9.17, 15) is 0 Å². The minimum absolute atomic E-state index is 0.402. The zero-order valence-corrected chi connectivity index (χ0v) is 17.3. The minimum Gasteiger partial charge on any atom is -0.467 e. The highest BCUT2D eigenvalue weighted by molar-refractivity contribution is 7.80. The molecule has 0 radical (unpaired) electrons. The van der Waals surface area contributed by atoms with E-state index in [0.29, 0.717) is 19.1 Å². The molecule has 4 heterocycles. The zero-order valence-electron chi connectivity index (χ0n) is 16.5. The molecule has 1 aliphatic heterocycles. The molecule has 9 heteroatoms. The van der Waals surface area contributed by atoms with Crippen LogP contribution in [-0.4, -0.2) is 47.6 Å². The van der Waals surface area contributed by atoms with Crippen LogP contribution in [0.3, 0.4) is 0 Å². The van der Waals surface area contributed by atoms with Crippen molar-refractivity contribution in [3.05, 3.63) is 66.6 Å². The molecule has 0 amide bonds. The minimum atomic E-state index is 0.402. The van der Waals surface area contributed by atoms with Crippen LogP contribution in [-0.2, 0) is 13.2 Å². The third-order valence-corrected chi connectivity index (χ3v) is 6.00. The van der Waals surface area contributed by atoms with Gasteiger partial charge in [0, 0.05) is 31.4 Å². The number of fused-ring (bicyclic) bond motifs is 1. The SMILES string of the molecule is S=C(NCc1ccco1)N1CCC(c2nccn2Cn2nnc3ccccc32)CC1. The van der Waals surface area contributed by atoms with Gasteiger partial charge in [-0.1, -0.05) is 17.3 Å². The van der Waals surface area contributed by atoms with E-state index in [1.165, 1.54) is 0 Å². The maximum atomic E-state index is 5.57. The summed E-state index contributed by atoms with van der Waals surface area (Å²) < 4.78 is 9.45. The maximum Gasteiger partial charge on any atom is 0.169 e. The second-order valence-electron chi connectivity index (χ2n) is 7.47. The first-order valence-corrected chi connectivity index (χ1v) is 10.5. The fraction of sp³-hybridized carbons (Fsp3) is 0.333. The quantitative estimate of drug-likeness (QED) is 0.497. The molecule has 4 aromatic rings. The van der Waals surface area contributed by atoms with Gasteiger partial charge in [0.2, 0.25) is 0 Å². The average molecular weight is 422 g/mol. The van der Waals surface area contributed by atoms with Gasteiger partial charge in [0.05, 0.1) is 18.3 Å². The predicted octanol–water partition coefficient (Wildman–Crippen LogP) is 2.98. The molecule has 0 bridgehead atoms. The average Bonchev–Trinajstić information content (AvgIpc) is 3.54. The first-order valence-electron chi connectivity index (χ1n) is 10.1. The van der Waals surface area contributed by atoms with Crippen molar-refractivity contribution in [1.82, 2.24) is 34.8 Å². The summed E-state index contributed by atoms with van der Waals surface area (Å²) in [6, 6.07) is 11.8. The monoisotopic (exact) mass is 421 g/mol. The Balaban J connectivity index is 1.21. The van der Waals surface area contributed by atoms with Gasteiger partial charge in [-0.2, -0.15) is 0 Å². The molecule has 1 N–H and O–H groups in total. The normalized spacial score (nSPS) is 15.0. The van der Waals surface area contributed by atoms with Crippen LogP contribution < -0.4 is 5.32 Å². The maximum absolute atomic E-state index is 5.57. The van der Waals surface area contributed by atoms with Crippen LogP contribution in [0.1, 0.15) is 30.3 Å². The van der Waals surface area contributed by atoms with Crippen LogP contribution in [0.25, 0.3) is 11.0 Å². The van der Waals surface area contributed by atoms with E-state index in [4.69, 9.17) is 16.6 Å². The summed E-state index contributed by atoms with van der Waals surface area (Å²) >= 11 is 5.57. The number of furan rings is 1. The van der Waals surface area contributed by atoms with E-state index in [1.54, 1.807) is 6.26 Å². The first kappa shape index (κ1) is 18.8. The largest absolute Gasteiger partial charge is 0.467 e. The standard InChI is InChI=1S/C21H23N7OS/c30-21(23-14-17-4-3-13-29-17)26-10-7-16(8-11-26)20-22-9-12-27(20)15-28-19-6-2-1-5-18(19)24-25-28/h1-6,9,12-13,16H,7-8,10-11,14-15H2,(H,23,30). The number of piperidine rings is 1. The number of aromatic nitrogens is 5. The van der Waals surface area contributed by atoms with Gasteiger partial charge in [-0.15, -0.1) is 5.10 Å². The van der Waals surface area contributed by atoms with E-state index in [1.807, 2.05) is 53.5 Å². The molecule has 0 atom stereocenters. The molecule has 0 spiro atoms. The summed E-state index contributed by atoms with van der Waals surface area (Å²) in [5.74, 6) is 2.39. The van der Waals surface area contributed by atoms with Crippen LogP contribution in [0.5, 0.6) is 0 Å². The molecule has 8 nitrogen and oxygen atoms in total. The van der Waals surface area contributed by atoms with Gasteiger partial charge in [-0.3, -0.25) is 0 Å². The molecule has 1 fully saturated rings. The number of thiocarbonyl (C=S) groups is 1. The Hall–Kier alpha value is -3.20. The Morgan fingerprint density at radius 2 is 2.03 bits per heavy atom. The van der Waals surface area contributed by atoms with Crippen LogP contribution in [0.2, 0.25) is 0 Å². The summed E-state index contributed by atoms with van der Waals surface area (Å²) in [6.45, 7) is 3.04. The number of hydrogen-bond acceptors (Lipinski definition) is 5.